The zero-order valence-electron chi connectivity index (χ0n) is 13.6. The maximum Gasteiger partial charge on any atom is 0.241 e. The van der Waals surface area contributed by atoms with Gasteiger partial charge in [0, 0.05) is 58.1 Å². The predicted molar refractivity (Wildman–Crippen MR) is 84.2 cm³/mol. The molecule has 7 nitrogen and oxygen atoms in total. The van der Waals surface area contributed by atoms with Gasteiger partial charge in [-0.05, 0) is 13.3 Å². The number of hydrogen-bond donors (Lipinski definition) is 1. The lowest BCUT2D eigenvalue weighted by Gasteiger charge is -2.24. The Morgan fingerprint density at radius 2 is 2.23 bits per heavy atom. The van der Waals surface area contributed by atoms with E-state index >= 15 is 0 Å². The zero-order chi connectivity index (χ0) is 15.9. The SMILES string of the molecule is CCn1cc(CN2CCCN(C(=O)C(N)COC)CC2)cn1. The van der Waals surface area contributed by atoms with E-state index in [9.17, 15) is 4.79 Å². The molecule has 0 bridgehead atoms. The van der Waals surface area contributed by atoms with Crippen molar-refractivity contribution in [1.82, 2.24) is 19.6 Å². The number of rotatable bonds is 6. The molecular formula is C15H27N5O2. The van der Waals surface area contributed by atoms with Crippen LogP contribution in [0.15, 0.2) is 12.4 Å². The average Bonchev–Trinajstić information content (AvgIpc) is 2.84. The average molecular weight is 309 g/mol. The van der Waals surface area contributed by atoms with Gasteiger partial charge in [-0.2, -0.15) is 5.10 Å². The summed E-state index contributed by atoms with van der Waals surface area (Å²) in [6.45, 7) is 7.46. The summed E-state index contributed by atoms with van der Waals surface area (Å²) in [7, 11) is 1.56. The first-order valence-electron chi connectivity index (χ1n) is 7.91. The molecule has 0 saturated carbocycles. The van der Waals surface area contributed by atoms with Crippen molar-refractivity contribution in [2.24, 2.45) is 5.73 Å². The maximum absolute atomic E-state index is 12.2. The van der Waals surface area contributed by atoms with Crippen LogP contribution in [0.3, 0.4) is 0 Å². The topological polar surface area (TPSA) is 76.6 Å². The van der Waals surface area contributed by atoms with Gasteiger partial charge in [-0.25, -0.2) is 0 Å². The summed E-state index contributed by atoms with van der Waals surface area (Å²) in [6, 6.07) is -0.556. The fraction of sp³-hybridized carbons (Fsp3) is 0.733. The van der Waals surface area contributed by atoms with Gasteiger partial charge in [0.15, 0.2) is 0 Å². The van der Waals surface area contributed by atoms with Crippen LogP contribution in [0.5, 0.6) is 0 Å². The van der Waals surface area contributed by atoms with Crippen molar-refractivity contribution in [2.75, 3.05) is 39.9 Å². The molecule has 0 aliphatic carbocycles. The molecule has 124 valence electrons. The van der Waals surface area contributed by atoms with Crippen molar-refractivity contribution in [3.8, 4) is 0 Å². The summed E-state index contributed by atoms with van der Waals surface area (Å²) in [4.78, 5) is 16.5. The molecule has 1 aromatic rings. The van der Waals surface area contributed by atoms with Crippen LogP contribution in [0, 0.1) is 0 Å². The minimum absolute atomic E-state index is 0.0116. The number of nitrogens with two attached hydrogens (primary N) is 1. The zero-order valence-corrected chi connectivity index (χ0v) is 13.6. The Balaban J connectivity index is 1.85. The standard InChI is InChI=1S/C15H27N5O2/c1-3-20-11-13(9-17-20)10-18-5-4-6-19(8-7-18)15(21)14(16)12-22-2/h9,11,14H,3-8,10,12,16H2,1-2H3. The van der Waals surface area contributed by atoms with Crippen LogP contribution < -0.4 is 5.73 Å². The molecule has 2 N–H and O–H groups in total. The quantitative estimate of drug-likeness (QED) is 0.795. The van der Waals surface area contributed by atoms with Crippen LogP contribution in [0.4, 0.5) is 0 Å². The van der Waals surface area contributed by atoms with Gasteiger partial charge in [-0.15, -0.1) is 0 Å². The first-order chi connectivity index (χ1) is 10.6. The van der Waals surface area contributed by atoms with E-state index in [2.05, 4.69) is 23.1 Å². The largest absolute Gasteiger partial charge is 0.383 e. The molecule has 1 aliphatic rings. The van der Waals surface area contributed by atoms with E-state index < -0.39 is 6.04 Å². The van der Waals surface area contributed by atoms with Crippen molar-refractivity contribution in [2.45, 2.75) is 32.5 Å². The number of hydrogen-bond acceptors (Lipinski definition) is 5. The maximum atomic E-state index is 12.2. The Labute approximate surface area is 132 Å². The molecule has 1 unspecified atom stereocenters. The van der Waals surface area contributed by atoms with E-state index in [4.69, 9.17) is 10.5 Å². The Bertz CT molecular complexity index is 476. The molecule has 22 heavy (non-hydrogen) atoms. The highest BCUT2D eigenvalue weighted by Crippen LogP contribution is 2.09. The second-order valence-corrected chi connectivity index (χ2v) is 5.72. The Morgan fingerprint density at radius 3 is 2.91 bits per heavy atom. The number of aryl methyl sites for hydroxylation is 1. The summed E-state index contributed by atoms with van der Waals surface area (Å²) >= 11 is 0. The molecule has 1 amide bonds. The molecule has 1 atom stereocenters. The number of aromatic nitrogens is 2. The number of nitrogens with zero attached hydrogens (tertiary/aromatic N) is 4. The van der Waals surface area contributed by atoms with E-state index in [-0.39, 0.29) is 12.5 Å². The van der Waals surface area contributed by atoms with Gasteiger partial charge in [0.1, 0.15) is 6.04 Å². The van der Waals surface area contributed by atoms with E-state index in [1.54, 1.807) is 7.11 Å². The molecule has 2 rings (SSSR count). The first kappa shape index (κ1) is 16.9. The van der Waals surface area contributed by atoms with Crippen molar-refractivity contribution in [1.29, 1.82) is 0 Å². The lowest BCUT2D eigenvalue weighted by atomic mass is 10.2. The third-order valence-electron chi connectivity index (χ3n) is 3.98. The second kappa shape index (κ2) is 8.26. The summed E-state index contributed by atoms with van der Waals surface area (Å²) in [5.74, 6) is -0.0116. The number of amides is 1. The highest BCUT2D eigenvalue weighted by Gasteiger charge is 2.23. The third kappa shape index (κ3) is 4.53. The lowest BCUT2D eigenvalue weighted by molar-refractivity contribution is -0.133. The molecule has 1 saturated heterocycles. The van der Waals surface area contributed by atoms with Crippen LogP contribution in [-0.4, -0.2) is 71.4 Å². The molecule has 1 aromatic heterocycles. The van der Waals surface area contributed by atoms with Gasteiger partial charge in [-0.3, -0.25) is 14.4 Å². The van der Waals surface area contributed by atoms with Crippen molar-refractivity contribution in [3.63, 3.8) is 0 Å². The Morgan fingerprint density at radius 1 is 1.41 bits per heavy atom. The van der Waals surface area contributed by atoms with E-state index in [1.165, 1.54) is 5.56 Å². The minimum atomic E-state index is -0.556. The van der Waals surface area contributed by atoms with E-state index in [0.29, 0.717) is 0 Å². The van der Waals surface area contributed by atoms with Crippen molar-refractivity contribution >= 4 is 5.91 Å². The first-order valence-corrected chi connectivity index (χ1v) is 7.91. The van der Waals surface area contributed by atoms with E-state index in [1.807, 2.05) is 15.8 Å². The molecule has 0 aromatic carbocycles. The van der Waals surface area contributed by atoms with Crippen LogP contribution in [0.1, 0.15) is 18.9 Å². The summed E-state index contributed by atoms with van der Waals surface area (Å²) in [5, 5.41) is 4.31. The number of carbonyl (C=O) groups is 1. The van der Waals surface area contributed by atoms with Gasteiger partial charge in [0.05, 0.1) is 12.8 Å². The van der Waals surface area contributed by atoms with Gasteiger partial charge in [-0.1, -0.05) is 0 Å². The molecule has 1 fully saturated rings. The van der Waals surface area contributed by atoms with Crippen LogP contribution in [0.25, 0.3) is 0 Å². The number of ether oxygens (including phenoxy) is 1. The highest BCUT2D eigenvalue weighted by atomic mass is 16.5. The van der Waals surface area contributed by atoms with E-state index in [0.717, 1.165) is 45.7 Å². The Kier molecular flexibility index (Phi) is 6.35. The fourth-order valence-corrected chi connectivity index (χ4v) is 2.75. The number of carbonyl (C=O) groups excluding carboxylic acids is 1. The van der Waals surface area contributed by atoms with Gasteiger partial charge in [0.25, 0.3) is 0 Å². The molecule has 0 spiro atoms. The predicted octanol–water partition coefficient (Wildman–Crippen LogP) is -0.0890. The summed E-state index contributed by atoms with van der Waals surface area (Å²) < 4.78 is 6.90. The molecule has 1 aliphatic heterocycles. The monoisotopic (exact) mass is 309 g/mol. The molecule has 0 radical (unpaired) electrons. The summed E-state index contributed by atoms with van der Waals surface area (Å²) in [5.41, 5.74) is 7.07. The van der Waals surface area contributed by atoms with Gasteiger partial charge >= 0.3 is 0 Å². The lowest BCUT2D eigenvalue weighted by Crippen LogP contribution is -2.47. The van der Waals surface area contributed by atoms with Crippen molar-refractivity contribution < 1.29 is 9.53 Å². The normalized spacial score (nSPS) is 18.2. The fourth-order valence-electron chi connectivity index (χ4n) is 2.75. The smallest absolute Gasteiger partial charge is 0.241 e. The third-order valence-corrected chi connectivity index (χ3v) is 3.98. The molecule has 7 heteroatoms. The summed E-state index contributed by atoms with van der Waals surface area (Å²) in [6.07, 6.45) is 4.97. The van der Waals surface area contributed by atoms with Crippen molar-refractivity contribution in [3.05, 3.63) is 18.0 Å². The second-order valence-electron chi connectivity index (χ2n) is 5.72. The molecule has 2 heterocycles. The highest BCUT2D eigenvalue weighted by molar-refractivity contribution is 5.81. The number of methoxy groups -OCH3 is 1. The van der Waals surface area contributed by atoms with Gasteiger partial charge in [0.2, 0.25) is 5.91 Å². The minimum Gasteiger partial charge on any atom is -0.383 e. The molecular weight excluding hydrogens is 282 g/mol. The van der Waals surface area contributed by atoms with Crippen LogP contribution in [0.2, 0.25) is 0 Å². The van der Waals surface area contributed by atoms with Crippen LogP contribution >= 0.6 is 0 Å². The van der Waals surface area contributed by atoms with Gasteiger partial charge < -0.3 is 15.4 Å². The van der Waals surface area contributed by atoms with Crippen LogP contribution in [-0.2, 0) is 22.6 Å². The Hall–Kier alpha value is -1.44.